The lowest BCUT2D eigenvalue weighted by Crippen LogP contribution is -2.42. The molecule has 0 aliphatic rings. The summed E-state index contributed by atoms with van der Waals surface area (Å²) in [5, 5.41) is 0. The number of hydrogen-bond donors (Lipinski definition) is 0. The second kappa shape index (κ2) is 8.12. The Labute approximate surface area is 101 Å². The lowest BCUT2D eigenvalue weighted by molar-refractivity contribution is -0.904. The number of hydrogen-bond acceptors (Lipinski definition) is 0. The van der Waals surface area contributed by atoms with Crippen LogP contribution in [0.2, 0.25) is 0 Å². The summed E-state index contributed by atoms with van der Waals surface area (Å²) in [4.78, 5) is 0. The highest BCUT2D eigenvalue weighted by Gasteiger charge is 2.10. The fraction of sp³-hybridized carbons (Fsp3) is 0.467. The zero-order valence-corrected chi connectivity index (χ0v) is 11.2. The number of quaternary nitrogens is 1. The zero-order valence-electron chi connectivity index (χ0n) is 11.2. The molecule has 0 amide bonds. The largest absolute Gasteiger partial charge is 0.327 e. The van der Waals surface area contributed by atoms with Crippen LogP contribution in [0.1, 0.15) is 26.3 Å². The zero-order chi connectivity index (χ0) is 12.4. The van der Waals surface area contributed by atoms with Crippen LogP contribution in [-0.2, 0) is 0 Å². The molecule has 1 aromatic rings. The molecule has 0 fully saturated rings. The molecule has 0 aromatic heterocycles. The van der Waals surface area contributed by atoms with Crippen LogP contribution in [0.25, 0.3) is 6.08 Å². The topological polar surface area (TPSA) is 0 Å². The van der Waals surface area contributed by atoms with Crippen LogP contribution < -0.4 is 0 Å². The van der Waals surface area contributed by atoms with E-state index < -0.39 is 0 Å². The van der Waals surface area contributed by atoms with Crippen molar-refractivity contribution in [2.24, 2.45) is 0 Å². The van der Waals surface area contributed by atoms with Gasteiger partial charge >= 0.3 is 0 Å². The molecule has 0 saturated carbocycles. The smallest absolute Gasteiger partial charge is 0.0755 e. The van der Waals surface area contributed by atoms with E-state index in [4.69, 9.17) is 0 Å². The summed E-state index contributed by atoms with van der Waals surface area (Å²) in [6.45, 7) is 14.1. The molecule has 0 aliphatic carbocycles. The van der Waals surface area contributed by atoms with Gasteiger partial charge in [-0.15, -0.1) is 0 Å². The predicted molar refractivity (Wildman–Crippen MR) is 74.3 cm³/mol. The minimum atomic E-state index is 1.17. The van der Waals surface area contributed by atoms with E-state index in [-0.39, 0.29) is 0 Å². The number of benzene rings is 1. The van der Waals surface area contributed by atoms with E-state index in [2.05, 4.69) is 34.4 Å². The second-order valence-electron chi connectivity index (χ2n) is 4.18. The number of nitrogens with zero attached hydrogens (tertiary/aromatic N) is 1. The molecular formula is C15H26N+. The first kappa shape index (κ1) is 14.9. The molecule has 0 radical (unpaired) electrons. The highest BCUT2D eigenvalue weighted by atomic mass is 15.3. The maximum absolute atomic E-state index is 3.63. The average Bonchev–Trinajstić information content (AvgIpc) is 2.39. The maximum Gasteiger partial charge on any atom is 0.0755 e. The van der Waals surface area contributed by atoms with Crippen LogP contribution in [-0.4, -0.2) is 31.2 Å². The molecule has 1 aromatic carbocycles. The van der Waals surface area contributed by atoms with Crippen molar-refractivity contribution >= 4 is 6.08 Å². The van der Waals surface area contributed by atoms with Gasteiger partial charge in [-0.3, -0.25) is 0 Å². The van der Waals surface area contributed by atoms with Crippen LogP contribution in [0.15, 0.2) is 36.9 Å². The fourth-order valence-corrected chi connectivity index (χ4v) is 1.26. The van der Waals surface area contributed by atoms with Crippen molar-refractivity contribution in [2.45, 2.75) is 20.8 Å². The Morgan fingerprint density at radius 3 is 1.62 bits per heavy atom. The fourth-order valence-electron chi connectivity index (χ4n) is 1.26. The van der Waals surface area contributed by atoms with Gasteiger partial charge < -0.3 is 4.48 Å². The minimum absolute atomic E-state index is 1.17. The molecule has 0 N–H and O–H groups in total. The van der Waals surface area contributed by atoms with Crippen molar-refractivity contribution in [3.8, 4) is 0 Å². The van der Waals surface area contributed by atoms with Gasteiger partial charge in [0.05, 0.1) is 26.7 Å². The molecular weight excluding hydrogens is 194 g/mol. The Balaban J connectivity index is 0.000000281. The summed E-state index contributed by atoms with van der Waals surface area (Å²) in [5.41, 5.74) is 1.17. The van der Waals surface area contributed by atoms with Crippen molar-refractivity contribution in [1.82, 2.24) is 0 Å². The van der Waals surface area contributed by atoms with Crippen molar-refractivity contribution < 1.29 is 4.48 Å². The monoisotopic (exact) mass is 220 g/mol. The van der Waals surface area contributed by atoms with Gasteiger partial charge in [0, 0.05) is 0 Å². The third kappa shape index (κ3) is 5.72. The Hall–Kier alpha value is -1.08. The molecule has 0 unspecified atom stereocenters. The van der Waals surface area contributed by atoms with Gasteiger partial charge in [0.1, 0.15) is 0 Å². The van der Waals surface area contributed by atoms with Crippen molar-refractivity contribution in [2.75, 3.05) is 26.7 Å². The number of rotatable bonds is 4. The Morgan fingerprint density at radius 1 is 1.00 bits per heavy atom. The molecule has 0 aliphatic heterocycles. The first-order valence-electron chi connectivity index (χ1n) is 6.12. The van der Waals surface area contributed by atoms with Crippen LogP contribution in [0.5, 0.6) is 0 Å². The van der Waals surface area contributed by atoms with Crippen LogP contribution in [0, 0.1) is 0 Å². The minimum Gasteiger partial charge on any atom is -0.327 e. The summed E-state index contributed by atoms with van der Waals surface area (Å²) in [7, 11) is 2.29. The SMILES string of the molecule is C=Cc1ccccc1.CC[N+](C)(CC)CC. The van der Waals surface area contributed by atoms with Crippen LogP contribution in [0.4, 0.5) is 0 Å². The van der Waals surface area contributed by atoms with Gasteiger partial charge in [0.2, 0.25) is 0 Å². The van der Waals surface area contributed by atoms with E-state index in [9.17, 15) is 0 Å². The van der Waals surface area contributed by atoms with E-state index >= 15 is 0 Å². The van der Waals surface area contributed by atoms with Gasteiger partial charge in [-0.05, 0) is 26.3 Å². The molecule has 16 heavy (non-hydrogen) atoms. The quantitative estimate of drug-likeness (QED) is 0.677. The lowest BCUT2D eigenvalue weighted by atomic mass is 10.2. The molecule has 0 atom stereocenters. The van der Waals surface area contributed by atoms with E-state index in [0.717, 1.165) is 0 Å². The highest BCUT2D eigenvalue weighted by molar-refractivity contribution is 5.45. The van der Waals surface area contributed by atoms with Crippen molar-refractivity contribution in [1.29, 1.82) is 0 Å². The first-order valence-corrected chi connectivity index (χ1v) is 6.12. The summed E-state index contributed by atoms with van der Waals surface area (Å²) in [6.07, 6.45) is 1.83. The maximum atomic E-state index is 3.63. The molecule has 1 nitrogen and oxygen atoms in total. The van der Waals surface area contributed by atoms with Gasteiger partial charge in [0.25, 0.3) is 0 Å². The first-order chi connectivity index (χ1) is 7.61. The Kier molecular flexibility index (Phi) is 7.57. The van der Waals surface area contributed by atoms with E-state index in [0.29, 0.717) is 0 Å². The summed E-state index contributed by atoms with van der Waals surface area (Å²) >= 11 is 0. The van der Waals surface area contributed by atoms with Gasteiger partial charge in [0.15, 0.2) is 0 Å². The summed E-state index contributed by atoms with van der Waals surface area (Å²) in [5.74, 6) is 0. The van der Waals surface area contributed by atoms with E-state index in [1.165, 1.54) is 29.7 Å². The van der Waals surface area contributed by atoms with Crippen LogP contribution >= 0.6 is 0 Å². The van der Waals surface area contributed by atoms with E-state index in [1.54, 1.807) is 0 Å². The third-order valence-corrected chi connectivity index (χ3v) is 3.33. The molecule has 0 spiro atoms. The Morgan fingerprint density at radius 2 is 1.44 bits per heavy atom. The highest BCUT2D eigenvalue weighted by Crippen LogP contribution is 1.98. The molecule has 1 heteroatoms. The average molecular weight is 220 g/mol. The second-order valence-corrected chi connectivity index (χ2v) is 4.18. The lowest BCUT2D eigenvalue weighted by Gasteiger charge is -2.30. The molecule has 1 rings (SSSR count). The summed E-state index contributed by atoms with van der Waals surface area (Å²) in [6, 6.07) is 10.0. The van der Waals surface area contributed by atoms with Gasteiger partial charge in [-0.25, -0.2) is 0 Å². The summed E-state index contributed by atoms with van der Waals surface area (Å²) < 4.78 is 1.21. The molecule has 0 saturated heterocycles. The van der Waals surface area contributed by atoms with E-state index in [1.807, 2.05) is 36.4 Å². The van der Waals surface area contributed by atoms with Gasteiger partial charge in [-0.2, -0.15) is 0 Å². The third-order valence-electron chi connectivity index (χ3n) is 3.33. The molecule has 0 heterocycles. The van der Waals surface area contributed by atoms with Gasteiger partial charge in [-0.1, -0.05) is 43.0 Å². The van der Waals surface area contributed by atoms with Crippen LogP contribution in [0.3, 0.4) is 0 Å². The standard InChI is InChI=1S/C8H8.C7H18N/c1-2-8-6-4-3-5-7-8;1-5-8(4,6-2)7-3/h2-7H,1H2;5-7H2,1-4H3/q;+1. The predicted octanol–water partition coefficient (Wildman–Crippen LogP) is 3.82. The Bertz CT molecular complexity index is 264. The molecule has 90 valence electrons. The molecule has 0 bridgehead atoms. The van der Waals surface area contributed by atoms with Crippen molar-refractivity contribution in [3.05, 3.63) is 42.5 Å². The normalized spacial score (nSPS) is 10.2. The van der Waals surface area contributed by atoms with Crippen molar-refractivity contribution in [3.63, 3.8) is 0 Å².